The lowest BCUT2D eigenvalue weighted by molar-refractivity contribution is 0.375. The minimum absolute atomic E-state index is 0.0255. The van der Waals surface area contributed by atoms with Crippen LogP contribution in [0.25, 0.3) is 15.9 Å². The maximum Gasteiger partial charge on any atom is 0.267 e. The molecule has 30 heavy (non-hydrogen) atoms. The molecule has 8 heteroatoms. The monoisotopic (exact) mass is 436 g/mol. The van der Waals surface area contributed by atoms with E-state index in [1.54, 1.807) is 15.9 Å². The average Bonchev–Trinajstić information content (AvgIpc) is 3.15. The number of hydrogen-bond acceptors (Lipinski definition) is 7. The number of benzene rings is 1. The van der Waals surface area contributed by atoms with Crippen LogP contribution in [0.4, 0.5) is 0 Å². The SMILES string of the molecule is Cc1ccc(-n2c(SCc3noc(C4CC4)n3)nc3sc4c(c3c2=O)CCC4)cc1. The van der Waals surface area contributed by atoms with Crippen LogP contribution < -0.4 is 5.56 Å². The number of fused-ring (bicyclic) bond motifs is 3. The Balaban J connectivity index is 1.44. The first kappa shape index (κ1) is 18.3. The summed E-state index contributed by atoms with van der Waals surface area (Å²) in [6.07, 6.45) is 5.40. The van der Waals surface area contributed by atoms with Crippen LogP contribution in [0.5, 0.6) is 0 Å². The molecule has 0 spiro atoms. The van der Waals surface area contributed by atoms with Crippen molar-refractivity contribution in [2.24, 2.45) is 0 Å². The van der Waals surface area contributed by atoms with Gasteiger partial charge >= 0.3 is 0 Å². The van der Waals surface area contributed by atoms with Crippen LogP contribution in [0.1, 0.15) is 52.9 Å². The molecule has 0 N–H and O–H groups in total. The summed E-state index contributed by atoms with van der Waals surface area (Å²) < 4.78 is 7.13. The molecule has 0 unspecified atom stereocenters. The van der Waals surface area contributed by atoms with Gasteiger partial charge in [-0.2, -0.15) is 4.98 Å². The van der Waals surface area contributed by atoms with E-state index in [0.717, 1.165) is 59.5 Å². The summed E-state index contributed by atoms with van der Waals surface area (Å²) in [4.78, 5) is 25.2. The summed E-state index contributed by atoms with van der Waals surface area (Å²) in [5.74, 6) is 2.34. The van der Waals surface area contributed by atoms with Gasteiger partial charge in [-0.15, -0.1) is 11.3 Å². The fraction of sp³-hybridized carbons (Fsp3) is 0.364. The Hall–Kier alpha value is -2.45. The third-order valence-corrected chi connectivity index (χ3v) is 7.86. The predicted octanol–water partition coefficient (Wildman–Crippen LogP) is 4.80. The van der Waals surface area contributed by atoms with Crippen molar-refractivity contribution in [2.75, 3.05) is 0 Å². The van der Waals surface area contributed by atoms with Gasteiger partial charge in [-0.1, -0.05) is 34.6 Å². The zero-order valence-electron chi connectivity index (χ0n) is 16.6. The van der Waals surface area contributed by atoms with Gasteiger partial charge in [0, 0.05) is 10.8 Å². The Morgan fingerprint density at radius 1 is 1.20 bits per heavy atom. The maximum absolute atomic E-state index is 13.6. The van der Waals surface area contributed by atoms with Crippen LogP contribution >= 0.6 is 23.1 Å². The number of hydrogen-bond donors (Lipinski definition) is 0. The smallest absolute Gasteiger partial charge is 0.267 e. The second kappa shape index (κ2) is 7.06. The van der Waals surface area contributed by atoms with E-state index in [0.29, 0.717) is 22.7 Å². The summed E-state index contributed by atoms with van der Waals surface area (Å²) in [5, 5.41) is 5.59. The molecule has 0 amide bonds. The molecule has 0 atom stereocenters. The van der Waals surface area contributed by atoms with Crippen molar-refractivity contribution in [1.82, 2.24) is 19.7 Å². The maximum atomic E-state index is 13.6. The van der Waals surface area contributed by atoms with Crippen molar-refractivity contribution in [1.29, 1.82) is 0 Å². The average molecular weight is 437 g/mol. The molecule has 0 radical (unpaired) electrons. The van der Waals surface area contributed by atoms with Crippen LogP contribution in [0.2, 0.25) is 0 Å². The molecule has 152 valence electrons. The summed E-state index contributed by atoms with van der Waals surface area (Å²) >= 11 is 3.16. The van der Waals surface area contributed by atoms with Gasteiger partial charge in [0.2, 0.25) is 5.89 Å². The third-order valence-electron chi connectivity index (χ3n) is 5.74. The van der Waals surface area contributed by atoms with E-state index in [2.05, 4.69) is 10.1 Å². The van der Waals surface area contributed by atoms with Crippen molar-refractivity contribution in [3.05, 3.63) is 62.3 Å². The van der Waals surface area contributed by atoms with E-state index in [1.165, 1.54) is 22.2 Å². The van der Waals surface area contributed by atoms with E-state index in [4.69, 9.17) is 9.51 Å². The zero-order valence-corrected chi connectivity index (χ0v) is 18.2. The lowest BCUT2D eigenvalue weighted by Gasteiger charge is -2.12. The van der Waals surface area contributed by atoms with Crippen LogP contribution in [-0.4, -0.2) is 19.7 Å². The minimum Gasteiger partial charge on any atom is -0.339 e. The van der Waals surface area contributed by atoms with Crippen LogP contribution in [0, 0.1) is 6.92 Å². The molecule has 6 nitrogen and oxygen atoms in total. The molecule has 2 aliphatic rings. The molecule has 2 aliphatic carbocycles. The second-order valence-electron chi connectivity index (χ2n) is 8.02. The van der Waals surface area contributed by atoms with Gasteiger partial charge in [0.05, 0.1) is 16.8 Å². The summed E-state index contributed by atoms with van der Waals surface area (Å²) in [5.41, 5.74) is 3.23. The van der Waals surface area contributed by atoms with Gasteiger partial charge < -0.3 is 4.52 Å². The van der Waals surface area contributed by atoms with Gasteiger partial charge in [-0.25, -0.2) is 4.98 Å². The Kier molecular flexibility index (Phi) is 4.31. The van der Waals surface area contributed by atoms with E-state index in [1.807, 2.05) is 31.2 Å². The Labute approximate surface area is 181 Å². The molecule has 1 saturated carbocycles. The highest BCUT2D eigenvalue weighted by Crippen LogP contribution is 2.39. The third kappa shape index (κ3) is 3.09. The highest BCUT2D eigenvalue weighted by molar-refractivity contribution is 7.98. The highest BCUT2D eigenvalue weighted by atomic mass is 32.2. The van der Waals surface area contributed by atoms with Crippen molar-refractivity contribution in [2.45, 2.75) is 55.9 Å². The van der Waals surface area contributed by atoms with Crippen LogP contribution in [-0.2, 0) is 18.6 Å². The van der Waals surface area contributed by atoms with Crippen molar-refractivity contribution in [3.8, 4) is 5.69 Å². The second-order valence-corrected chi connectivity index (χ2v) is 10.0. The molecule has 1 aromatic carbocycles. The molecule has 6 rings (SSSR count). The number of aromatic nitrogens is 4. The van der Waals surface area contributed by atoms with E-state index >= 15 is 0 Å². The van der Waals surface area contributed by atoms with Gasteiger partial charge in [0.25, 0.3) is 5.56 Å². The topological polar surface area (TPSA) is 73.8 Å². The zero-order chi connectivity index (χ0) is 20.2. The quantitative estimate of drug-likeness (QED) is 0.331. The molecule has 4 aromatic rings. The standard InChI is InChI=1S/C22H20N4O2S2/c1-12-5-9-14(10-6-12)26-21(27)18-15-3-2-4-16(15)30-20(18)24-22(26)29-11-17-23-19(28-25-17)13-7-8-13/h5-6,9-10,13H,2-4,7-8,11H2,1H3. The van der Waals surface area contributed by atoms with Crippen molar-refractivity contribution < 1.29 is 4.52 Å². The van der Waals surface area contributed by atoms with E-state index in [9.17, 15) is 4.79 Å². The number of aryl methyl sites for hydroxylation is 3. The fourth-order valence-electron chi connectivity index (χ4n) is 3.99. The van der Waals surface area contributed by atoms with Crippen LogP contribution in [0.15, 0.2) is 38.7 Å². The molecule has 0 aliphatic heterocycles. The lowest BCUT2D eigenvalue weighted by atomic mass is 10.2. The first-order chi connectivity index (χ1) is 14.7. The predicted molar refractivity (Wildman–Crippen MR) is 118 cm³/mol. The number of thioether (sulfide) groups is 1. The molecular formula is C22H20N4O2S2. The largest absolute Gasteiger partial charge is 0.339 e. The fourth-order valence-corrected chi connectivity index (χ4v) is 6.15. The number of rotatable bonds is 5. The van der Waals surface area contributed by atoms with E-state index < -0.39 is 0 Å². The Morgan fingerprint density at radius 3 is 2.83 bits per heavy atom. The van der Waals surface area contributed by atoms with Gasteiger partial charge in [-0.05, 0) is 56.7 Å². The number of nitrogens with zero attached hydrogens (tertiary/aromatic N) is 4. The molecule has 3 heterocycles. The summed E-state index contributed by atoms with van der Waals surface area (Å²) in [7, 11) is 0. The molecule has 3 aromatic heterocycles. The Morgan fingerprint density at radius 2 is 2.03 bits per heavy atom. The van der Waals surface area contributed by atoms with Gasteiger partial charge in [0.1, 0.15) is 4.83 Å². The normalized spacial score (nSPS) is 15.8. The summed E-state index contributed by atoms with van der Waals surface area (Å²) in [6.45, 7) is 2.04. The Bertz CT molecular complexity index is 1320. The first-order valence-corrected chi connectivity index (χ1v) is 12.1. The molecule has 1 fully saturated rings. The first-order valence-electron chi connectivity index (χ1n) is 10.3. The minimum atomic E-state index is 0.0255. The molecule has 0 bridgehead atoms. The van der Waals surface area contributed by atoms with Crippen molar-refractivity contribution in [3.63, 3.8) is 0 Å². The molecular weight excluding hydrogens is 416 g/mol. The summed E-state index contributed by atoms with van der Waals surface area (Å²) in [6, 6.07) is 8.03. The lowest BCUT2D eigenvalue weighted by Crippen LogP contribution is -2.21. The van der Waals surface area contributed by atoms with Gasteiger partial charge in [-0.3, -0.25) is 9.36 Å². The van der Waals surface area contributed by atoms with Crippen molar-refractivity contribution >= 4 is 33.3 Å². The number of thiophene rings is 1. The van der Waals surface area contributed by atoms with Crippen LogP contribution in [0.3, 0.4) is 0 Å². The molecule has 0 saturated heterocycles. The van der Waals surface area contributed by atoms with Gasteiger partial charge in [0.15, 0.2) is 11.0 Å². The highest BCUT2D eigenvalue weighted by Gasteiger charge is 2.30. The van der Waals surface area contributed by atoms with E-state index in [-0.39, 0.29) is 5.56 Å².